The summed E-state index contributed by atoms with van der Waals surface area (Å²) in [5.74, 6) is 1.16. The zero-order valence-electron chi connectivity index (χ0n) is 11.7. The normalized spacial score (nSPS) is 12.8. The molecule has 22 heavy (non-hydrogen) atoms. The molecule has 1 aliphatic rings. The molecule has 0 aliphatic carbocycles. The molecule has 2 amide bonds. The van der Waals surface area contributed by atoms with Crippen LogP contribution in [-0.4, -0.2) is 29.4 Å². The number of amides is 2. The third-order valence-corrected chi connectivity index (χ3v) is 3.39. The Bertz CT molecular complexity index is 660. The van der Waals surface area contributed by atoms with Gasteiger partial charge in [0.05, 0.1) is 17.3 Å². The molecule has 1 aromatic carbocycles. The summed E-state index contributed by atoms with van der Waals surface area (Å²) >= 11 is 6.15. The number of aromatic amines is 1. The van der Waals surface area contributed by atoms with Gasteiger partial charge in [0.1, 0.15) is 13.2 Å². The molecular formula is C14H15ClN4O3. The molecule has 0 spiro atoms. The highest BCUT2D eigenvalue weighted by molar-refractivity contribution is 6.32. The smallest absolute Gasteiger partial charge is 0.315 e. The van der Waals surface area contributed by atoms with Crippen LogP contribution in [0.3, 0.4) is 0 Å². The van der Waals surface area contributed by atoms with Crippen LogP contribution in [0.5, 0.6) is 11.5 Å². The molecule has 8 heteroatoms. The second-order valence-electron chi connectivity index (χ2n) is 4.72. The van der Waals surface area contributed by atoms with Crippen molar-refractivity contribution in [2.24, 2.45) is 0 Å². The molecule has 2 aromatic rings. The largest absolute Gasteiger partial charge is 0.486 e. The Balaban J connectivity index is 1.54. The average Bonchev–Trinajstić information content (AvgIpc) is 3.04. The van der Waals surface area contributed by atoms with Gasteiger partial charge in [0.25, 0.3) is 0 Å². The van der Waals surface area contributed by atoms with Crippen LogP contribution < -0.4 is 20.1 Å². The molecule has 7 nitrogen and oxygen atoms in total. The first kappa shape index (κ1) is 14.5. The second-order valence-corrected chi connectivity index (χ2v) is 5.13. The van der Waals surface area contributed by atoms with Crippen molar-refractivity contribution in [2.75, 3.05) is 13.2 Å². The van der Waals surface area contributed by atoms with Crippen molar-refractivity contribution in [2.45, 2.75) is 13.1 Å². The average molecular weight is 323 g/mol. The van der Waals surface area contributed by atoms with E-state index in [-0.39, 0.29) is 6.03 Å². The minimum absolute atomic E-state index is 0.277. The predicted molar refractivity (Wildman–Crippen MR) is 80.1 cm³/mol. The standard InChI is InChI=1S/C14H15ClN4O3/c15-11-5-9(6-12-13(11)22-4-3-21-12)7-16-14(20)17-8-10-1-2-18-19-10/h1-2,5-6H,3-4,7-8H2,(H,18,19)(H2,16,17,20). The number of benzene rings is 1. The lowest BCUT2D eigenvalue weighted by atomic mass is 10.2. The van der Waals surface area contributed by atoms with Gasteiger partial charge in [0.15, 0.2) is 11.5 Å². The van der Waals surface area contributed by atoms with Crippen LogP contribution in [0.1, 0.15) is 11.3 Å². The van der Waals surface area contributed by atoms with E-state index in [1.54, 1.807) is 18.3 Å². The molecule has 1 aliphatic heterocycles. The van der Waals surface area contributed by atoms with Crippen LogP contribution in [0.15, 0.2) is 24.4 Å². The van der Waals surface area contributed by atoms with Gasteiger partial charge in [-0.1, -0.05) is 11.6 Å². The second kappa shape index (κ2) is 6.57. The van der Waals surface area contributed by atoms with E-state index >= 15 is 0 Å². The molecular weight excluding hydrogens is 308 g/mol. The lowest BCUT2D eigenvalue weighted by Gasteiger charge is -2.20. The summed E-state index contributed by atoms with van der Waals surface area (Å²) in [4.78, 5) is 11.7. The van der Waals surface area contributed by atoms with E-state index < -0.39 is 0 Å². The van der Waals surface area contributed by atoms with Gasteiger partial charge in [-0.25, -0.2) is 4.79 Å². The van der Waals surface area contributed by atoms with Crippen LogP contribution in [0.2, 0.25) is 5.02 Å². The molecule has 0 radical (unpaired) electrons. The molecule has 0 bridgehead atoms. The third kappa shape index (κ3) is 3.43. The number of urea groups is 1. The Labute approximate surface area is 131 Å². The SMILES string of the molecule is O=C(NCc1cc(Cl)c2c(c1)OCCO2)NCc1ccn[nH]1. The summed E-state index contributed by atoms with van der Waals surface area (Å²) in [6.45, 7) is 1.70. The van der Waals surface area contributed by atoms with Crippen molar-refractivity contribution in [1.29, 1.82) is 0 Å². The predicted octanol–water partition coefficient (Wildman–Crippen LogP) is 1.83. The number of hydrogen-bond donors (Lipinski definition) is 3. The fraction of sp³-hybridized carbons (Fsp3) is 0.286. The fourth-order valence-electron chi connectivity index (χ4n) is 2.07. The van der Waals surface area contributed by atoms with Crippen LogP contribution in [-0.2, 0) is 13.1 Å². The molecule has 3 N–H and O–H groups in total. The van der Waals surface area contributed by atoms with E-state index in [4.69, 9.17) is 21.1 Å². The Morgan fingerprint density at radius 2 is 2.09 bits per heavy atom. The highest BCUT2D eigenvalue weighted by atomic mass is 35.5. The molecule has 116 valence electrons. The number of halogens is 1. The lowest BCUT2D eigenvalue weighted by molar-refractivity contribution is 0.171. The number of nitrogens with zero attached hydrogens (tertiary/aromatic N) is 1. The number of aromatic nitrogens is 2. The van der Waals surface area contributed by atoms with Gasteiger partial charge in [0, 0.05) is 12.7 Å². The molecule has 0 atom stereocenters. The van der Waals surface area contributed by atoms with Crippen molar-refractivity contribution in [3.63, 3.8) is 0 Å². The Morgan fingerprint density at radius 3 is 2.91 bits per heavy atom. The zero-order chi connectivity index (χ0) is 15.4. The highest BCUT2D eigenvalue weighted by Crippen LogP contribution is 2.38. The van der Waals surface area contributed by atoms with Gasteiger partial charge in [-0.2, -0.15) is 5.10 Å². The number of carbonyl (C=O) groups is 1. The summed E-state index contributed by atoms with van der Waals surface area (Å²) < 4.78 is 10.9. The number of nitrogens with one attached hydrogen (secondary N) is 3. The van der Waals surface area contributed by atoms with Gasteiger partial charge in [-0.05, 0) is 23.8 Å². The van der Waals surface area contributed by atoms with Gasteiger partial charge >= 0.3 is 6.03 Å². The molecule has 0 saturated heterocycles. The maximum atomic E-state index is 11.7. The number of fused-ring (bicyclic) bond motifs is 1. The maximum absolute atomic E-state index is 11.7. The Morgan fingerprint density at radius 1 is 1.27 bits per heavy atom. The van der Waals surface area contributed by atoms with Gasteiger partial charge < -0.3 is 20.1 Å². The summed E-state index contributed by atoms with van der Waals surface area (Å²) in [5, 5.41) is 12.5. The summed E-state index contributed by atoms with van der Waals surface area (Å²) in [7, 11) is 0. The van der Waals surface area contributed by atoms with Crippen molar-refractivity contribution in [3.8, 4) is 11.5 Å². The third-order valence-electron chi connectivity index (χ3n) is 3.11. The number of rotatable bonds is 4. The van der Waals surface area contributed by atoms with E-state index in [1.165, 1.54) is 0 Å². The monoisotopic (exact) mass is 322 g/mol. The molecule has 2 heterocycles. The minimum Gasteiger partial charge on any atom is -0.486 e. The van der Waals surface area contributed by atoms with E-state index in [0.29, 0.717) is 42.8 Å². The van der Waals surface area contributed by atoms with Crippen LogP contribution in [0.25, 0.3) is 0 Å². The number of carbonyl (C=O) groups excluding carboxylic acids is 1. The minimum atomic E-state index is -0.277. The van der Waals surface area contributed by atoms with E-state index in [9.17, 15) is 4.79 Å². The van der Waals surface area contributed by atoms with Gasteiger partial charge in [-0.3, -0.25) is 5.10 Å². The molecule has 1 aromatic heterocycles. The number of ether oxygens (including phenoxy) is 2. The van der Waals surface area contributed by atoms with E-state index in [2.05, 4.69) is 20.8 Å². The zero-order valence-corrected chi connectivity index (χ0v) is 12.4. The van der Waals surface area contributed by atoms with Gasteiger partial charge in [0.2, 0.25) is 0 Å². The highest BCUT2D eigenvalue weighted by Gasteiger charge is 2.16. The summed E-state index contributed by atoms with van der Waals surface area (Å²) in [6.07, 6.45) is 1.63. The topological polar surface area (TPSA) is 88.3 Å². The molecule has 0 unspecified atom stereocenters. The van der Waals surface area contributed by atoms with Crippen molar-refractivity contribution in [3.05, 3.63) is 40.7 Å². The van der Waals surface area contributed by atoms with Crippen molar-refractivity contribution < 1.29 is 14.3 Å². The van der Waals surface area contributed by atoms with Gasteiger partial charge in [-0.15, -0.1) is 0 Å². The molecule has 3 rings (SSSR count). The number of H-pyrrole nitrogens is 1. The Kier molecular flexibility index (Phi) is 4.34. The van der Waals surface area contributed by atoms with Crippen LogP contribution >= 0.6 is 11.6 Å². The lowest BCUT2D eigenvalue weighted by Crippen LogP contribution is -2.34. The fourth-order valence-corrected chi connectivity index (χ4v) is 2.36. The quantitative estimate of drug-likeness (QED) is 0.801. The summed E-state index contributed by atoms with van der Waals surface area (Å²) in [5.41, 5.74) is 1.67. The molecule has 0 fully saturated rings. The van der Waals surface area contributed by atoms with Crippen molar-refractivity contribution >= 4 is 17.6 Å². The Hall–Kier alpha value is -2.41. The first-order valence-corrected chi connectivity index (χ1v) is 7.18. The summed E-state index contributed by atoms with van der Waals surface area (Å²) in [6, 6.07) is 5.08. The first-order chi connectivity index (χ1) is 10.7. The van der Waals surface area contributed by atoms with E-state index in [0.717, 1.165) is 11.3 Å². The van der Waals surface area contributed by atoms with Crippen molar-refractivity contribution in [1.82, 2.24) is 20.8 Å². The first-order valence-electron chi connectivity index (χ1n) is 6.80. The van der Waals surface area contributed by atoms with Crippen LogP contribution in [0.4, 0.5) is 4.79 Å². The van der Waals surface area contributed by atoms with Crippen LogP contribution in [0, 0.1) is 0 Å². The molecule has 0 saturated carbocycles. The maximum Gasteiger partial charge on any atom is 0.315 e. The number of hydrogen-bond acceptors (Lipinski definition) is 4. The van der Waals surface area contributed by atoms with E-state index in [1.807, 2.05) is 6.07 Å².